The van der Waals surface area contributed by atoms with Crippen molar-refractivity contribution in [2.45, 2.75) is 6.54 Å². The molecule has 3 aromatic rings. The Morgan fingerprint density at radius 1 is 1.10 bits per heavy atom. The van der Waals surface area contributed by atoms with Gasteiger partial charge in [0.05, 0.1) is 6.54 Å². The molecule has 0 aliphatic carbocycles. The maximum Gasteiger partial charge on any atom is 0.181 e. The number of benzene rings is 2. The summed E-state index contributed by atoms with van der Waals surface area (Å²) in [5.74, 6) is 0.697. The molecule has 0 spiro atoms. The molecule has 0 aliphatic heterocycles. The Labute approximate surface area is 130 Å². The van der Waals surface area contributed by atoms with E-state index in [2.05, 4.69) is 56.9 Å². The molecule has 5 heteroatoms. The van der Waals surface area contributed by atoms with Gasteiger partial charge in [-0.05, 0) is 52.4 Å². The van der Waals surface area contributed by atoms with Crippen molar-refractivity contribution in [1.82, 2.24) is 14.8 Å². The van der Waals surface area contributed by atoms with Crippen molar-refractivity contribution >= 4 is 28.3 Å². The van der Waals surface area contributed by atoms with Gasteiger partial charge in [0.25, 0.3) is 0 Å². The quantitative estimate of drug-likeness (QED) is 0.564. The molecular formula is C15H13IN4. The molecule has 3 rings (SSSR count). The van der Waals surface area contributed by atoms with E-state index in [0.717, 1.165) is 11.3 Å². The average molecular weight is 376 g/mol. The predicted octanol–water partition coefficient (Wildman–Crippen LogP) is 3.18. The number of aromatic nitrogens is 3. The molecule has 1 heterocycles. The van der Waals surface area contributed by atoms with Crippen molar-refractivity contribution < 1.29 is 0 Å². The Morgan fingerprint density at radius 3 is 2.65 bits per heavy atom. The van der Waals surface area contributed by atoms with Gasteiger partial charge in [0.15, 0.2) is 5.82 Å². The lowest BCUT2D eigenvalue weighted by atomic mass is 10.2. The highest BCUT2D eigenvalue weighted by Gasteiger charge is 2.05. The summed E-state index contributed by atoms with van der Waals surface area (Å²) in [6, 6.07) is 16.0. The molecule has 20 heavy (non-hydrogen) atoms. The molecule has 0 atom stereocenters. The SMILES string of the molecule is Nc1cccc(-c2ncn(Cc3ccc(I)cc3)n2)c1. The maximum atomic E-state index is 5.78. The number of nitrogens with two attached hydrogens (primary N) is 1. The van der Waals surface area contributed by atoms with Gasteiger partial charge in [-0.2, -0.15) is 5.10 Å². The number of halogens is 1. The molecule has 0 radical (unpaired) electrons. The van der Waals surface area contributed by atoms with E-state index >= 15 is 0 Å². The third-order valence-electron chi connectivity index (χ3n) is 2.94. The van der Waals surface area contributed by atoms with Crippen LogP contribution in [0.2, 0.25) is 0 Å². The summed E-state index contributed by atoms with van der Waals surface area (Å²) in [4.78, 5) is 4.34. The van der Waals surface area contributed by atoms with E-state index in [4.69, 9.17) is 5.73 Å². The molecule has 2 N–H and O–H groups in total. The van der Waals surface area contributed by atoms with Gasteiger partial charge >= 0.3 is 0 Å². The van der Waals surface area contributed by atoms with Gasteiger partial charge in [0.1, 0.15) is 6.33 Å². The van der Waals surface area contributed by atoms with Crippen LogP contribution in [-0.2, 0) is 6.54 Å². The van der Waals surface area contributed by atoms with E-state index in [9.17, 15) is 0 Å². The van der Waals surface area contributed by atoms with Crippen LogP contribution in [0.1, 0.15) is 5.56 Å². The first-order valence-electron chi connectivity index (χ1n) is 6.20. The number of rotatable bonds is 3. The second kappa shape index (κ2) is 5.62. The third-order valence-corrected chi connectivity index (χ3v) is 3.66. The van der Waals surface area contributed by atoms with Crippen LogP contribution in [0, 0.1) is 3.57 Å². The summed E-state index contributed by atoms with van der Waals surface area (Å²) in [5.41, 5.74) is 8.64. The summed E-state index contributed by atoms with van der Waals surface area (Å²) in [7, 11) is 0. The molecular weight excluding hydrogens is 363 g/mol. The molecule has 0 bridgehead atoms. The summed E-state index contributed by atoms with van der Waals surface area (Å²) in [5, 5.41) is 4.49. The van der Waals surface area contributed by atoms with Crippen molar-refractivity contribution in [3.05, 3.63) is 64.0 Å². The number of anilines is 1. The van der Waals surface area contributed by atoms with Crippen LogP contribution in [-0.4, -0.2) is 14.8 Å². The smallest absolute Gasteiger partial charge is 0.181 e. The highest BCUT2D eigenvalue weighted by molar-refractivity contribution is 14.1. The topological polar surface area (TPSA) is 56.7 Å². The number of nitrogens with zero attached hydrogens (tertiary/aromatic N) is 3. The van der Waals surface area contributed by atoms with Crippen molar-refractivity contribution in [3.63, 3.8) is 0 Å². The molecule has 0 unspecified atom stereocenters. The second-order valence-corrected chi connectivity index (χ2v) is 5.76. The van der Waals surface area contributed by atoms with Crippen LogP contribution in [0.5, 0.6) is 0 Å². The lowest BCUT2D eigenvalue weighted by Crippen LogP contribution is -2.00. The summed E-state index contributed by atoms with van der Waals surface area (Å²) < 4.78 is 3.06. The first kappa shape index (κ1) is 13.1. The standard InChI is InChI=1S/C15H13IN4/c16-13-6-4-11(5-7-13)9-20-10-18-15(19-20)12-2-1-3-14(17)8-12/h1-8,10H,9,17H2. The van der Waals surface area contributed by atoms with Gasteiger partial charge in [0, 0.05) is 14.8 Å². The second-order valence-electron chi connectivity index (χ2n) is 4.52. The van der Waals surface area contributed by atoms with Crippen LogP contribution in [0.3, 0.4) is 0 Å². The zero-order chi connectivity index (χ0) is 13.9. The molecule has 0 amide bonds. The van der Waals surface area contributed by atoms with E-state index in [1.54, 1.807) is 6.33 Å². The highest BCUT2D eigenvalue weighted by atomic mass is 127. The van der Waals surface area contributed by atoms with Gasteiger partial charge < -0.3 is 5.73 Å². The minimum atomic E-state index is 0.697. The van der Waals surface area contributed by atoms with E-state index in [0.29, 0.717) is 12.4 Å². The predicted molar refractivity (Wildman–Crippen MR) is 88.1 cm³/mol. The number of nitrogen functional groups attached to an aromatic ring is 1. The molecule has 1 aromatic heterocycles. The summed E-state index contributed by atoms with van der Waals surface area (Å²) in [6.45, 7) is 0.715. The number of hydrogen-bond acceptors (Lipinski definition) is 3. The van der Waals surface area contributed by atoms with E-state index in [-0.39, 0.29) is 0 Å². The monoisotopic (exact) mass is 376 g/mol. The molecule has 0 saturated carbocycles. The Bertz CT molecular complexity index is 719. The van der Waals surface area contributed by atoms with Crippen LogP contribution in [0.15, 0.2) is 54.9 Å². The van der Waals surface area contributed by atoms with Gasteiger partial charge in [0.2, 0.25) is 0 Å². The van der Waals surface area contributed by atoms with Crippen molar-refractivity contribution in [1.29, 1.82) is 0 Å². The Balaban J connectivity index is 1.82. The van der Waals surface area contributed by atoms with Crippen LogP contribution >= 0.6 is 22.6 Å². The van der Waals surface area contributed by atoms with E-state index in [1.165, 1.54) is 9.13 Å². The molecule has 4 nitrogen and oxygen atoms in total. The van der Waals surface area contributed by atoms with Gasteiger partial charge in [-0.1, -0.05) is 24.3 Å². The Hall–Kier alpha value is -1.89. The van der Waals surface area contributed by atoms with Gasteiger partial charge in [-0.25, -0.2) is 9.67 Å². The van der Waals surface area contributed by atoms with Crippen molar-refractivity contribution in [3.8, 4) is 11.4 Å². The molecule has 0 fully saturated rings. The fourth-order valence-corrected chi connectivity index (χ4v) is 2.32. The minimum absolute atomic E-state index is 0.697. The first-order chi connectivity index (χ1) is 9.70. The lowest BCUT2D eigenvalue weighted by molar-refractivity contribution is 0.687. The molecule has 2 aromatic carbocycles. The Kier molecular flexibility index (Phi) is 3.68. The summed E-state index contributed by atoms with van der Waals surface area (Å²) >= 11 is 2.30. The Morgan fingerprint density at radius 2 is 1.90 bits per heavy atom. The van der Waals surface area contributed by atoms with Crippen LogP contribution < -0.4 is 5.73 Å². The largest absolute Gasteiger partial charge is 0.399 e. The van der Waals surface area contributed by atoms with E-state index in [1.807, 2.05) is 28.9 Å². The fraction of sp³-hybridized carbons (Fsp3) is 0.0667. The van der Waals surface area contributed by atoms with Crippen molar-refractivity contribution in [2.75, 3.05) is 5.73 Å². The first-order valence-corrected chi connectivity index (χ1v) is 7.28. The van der Waals surface area contributed by atoms with E-state index < -0.39 is 0 Å². The zero-order valence-corrected chi connectivity index (χ0v) is 12.9. The normalized spacial score (nSPS) is 10.7. The van der Waals surface area contributed by atoms with Crippen LogP contribution in [0.4, 0.5) is 5.69 Å². The lowest BCUT2D eigenvalue weighted by Gasteiger charge is -2.01. The number of hydrogen-bond donors (Lipinski definition) is 1. The highest BCUT2D eigenvalue weighted by Crippen LogP contribution is 2.17. The average Bonchev–Trinajstić information content (AvgIpc) is 2.90. The zero-order valence-electron chi connectivity index (χ0n) is 10.7. The van der Waals surface area contributed by atoms with Gasteiger partial charge in [-0.3, -0.25) is 0 Å². The summed E-state index contributed by atoms with van der Waals surface area (Å²) in [6.07, 6.45) is 1.75. The fourth-order valence-electron chi connectivity index (χ4n) is 1.96. The van der Waals surface area contributed by atoms with Gasteiger partial charge in [-0.15, -0.1) is 0 Å². The molecule has 100 valence electrons. The minimum Gasteiger partial charge on any atom is -0.399 e. The maximum absolute atomic E-state index is 5.78. The molecule has 0 aliphatic rings. The van der Waals surface area contributed by atoms with Crippen LogP contribution in [0.25, 0.3) is 11.4 Å². The third kappa shape index (κ3) is 2.98. The molecule has 0 saturated heterocycles. The van der Waals surface area contributed by atoms with Crippen molar-refractivity contribution in [2.24, 2.45) is 0 Å².